The average molecular weight is 371 g/mol. The van der Waals surface area contributed by atoms with Crippen LogP contribution in [0, 0.1) is 0 Å². The van der Waals surface area contributed by atoms with Gasteiger partial charge in [-0.25, -0.2) is 19.4 Å². The second-order valence-corrected chi connectivity index (χ2v) is 5.78. The fourth-order valence-electron chi connectivity index (χ4n) is 2.12. The molecule has 0 spiro atoms. The molecule has 0 aliphatic carbocycles. The maximum Gasteiger partial charge on any atom is 0.453 e. The van der Waals surface area contributed by atoms with E-state index in [2.05, 4.69) is 20.1 Å². The fraction of sp³-hybridized carbons (Fsp3) is 0.263. The Morgan fingerprint density at radius 1 is 1.00 bits per heavy atom. The lowest BCUT2D eigenvalue weighted by Crippen LogP contribution is -2.38. The van der Waals surface area contributed by atoms with Gasteiger partial charge in [-0.2, -0.15) is 0 Å². The molecule has 27 heavy (non-hydrogen) atoms. The molecule has 2 rings (SSSR count). The van der Waals surface area contributed by atoms with E-state index >= 15 is 0 Å². The average Bonchev–Trinajstić information content (AvgIpc) is 2.70. The van der Waals surface area contributed by atoms with E-state index in [0.29, 0.717) is 13.0 Å². The first kappa shape index (κ1) is 19.9. The molecule has 2 aromatic rings. The van der Waals surface area contributed by atoms with Crippen molar-refractivity contribution in [3.8, 4) is 0 Å². The van der Waals surface area contributed by atoms with Crippen LogP contribution in [0.3, 0.4) is 0 Å². The number of likely N-dealkylation sites (N-methyl/N-ethyl adjacent to an activating group) is 1. The van der Waals surface area contributed by atoms with Gasteiger partial charge in [0.05, 0.1) is 6.42 Å². The highest BCUT2D eigenvalue weighted by Gasteiger charge is 2.17. The number of rotatable bonds is 7. The van der Waals surface area contributed by atoms with Crippen molar-refractivity contribution < 1.29 is 24.2 Å². The van der Waals surface area contributed by atoms with Crippen LogP contribution >= 0.6 is 0 Å². The van der Waals surface area contributed by atoms with Gasteiger partial charge in [0.2, 0.25) is 5.91 Å². The van der Waals surface area contributed by atoms with E-state index in [-0.39, 0.29) is 18.9 Å². The summed E-state index contributed by atoms with van der Waals surface area (Å²) in [5, 5.41) is 2.66. The SMILES string of the molecule is CN(CC(=O)NCc1ccncc1)C(=O)OOC(=O)CCc1ccccc1. The van der Waals surface area contributed by atoms with Gasteiger partial charge in [0.25, 0.3) is 0 Å². The van der Waals surface area contributed by atoms with E-state index in [1.165, 1.54) is 7.05 Å². The number of carbonyl (C=O) groups is 3. The Bertz CT molecular complexity index is 752. The number of aryl methyl sites for hydroxylation is 1. The summed E-state index contributed by atoms with van der Waals surface area (Å²) in [6, 6.07) is 12.9. The molecule has 0 atom stereocenters. The number of nitrogens with zero attached hydrogens (tertiary/aromatic N) is 2. The lowest BCUT2D eigenvalue weighted by molar-refractivity contribution is -0.236. The molecule has 1 N–H and O–H groups in total. The van der Waals surface area contributed by atoms with Crippen LogP contribution in [-0.4, -0.2) is 41.4 Å². The molecular weight excluding hydrogens is 350 g/mol. The number of nitrogens with one attached hydrogen (secondary N) is 1. The Morgan fingerprint density at radius 3 is 2.41 bits per heavy atom. The van der Waals surface area contributed by atoms with Crippen molar-refractivity contribution in [1.82, 2.24) is 15.2 Å². The zero-order valence-electron chi connectivity index (χ0n) is 15.0. The summed E-state index contributed by atoms with van der Waals surface area (Å²) < 4.78 is 0. The molecule has 1 aromatic carbocycles. The van der Waals surface area contributed by atoms with Gasteiger partial charge in [-0.15, -0.1) is 0 Å². The molecule has 142 valence electrons. The highest BCUT2D eigenvalue weighted by atomic mass is 17.2. The first-order valence-electron chi connectivity index (χ1n) is 8.36. The molecule has 0 saturated carbocycles. The van der Waals surface area contributed by atoms with E-state index < -0.39 is 12.1 Å². The van der Waals surface area contributed by atoms with Crippen molar-refractivity contribution in [1.29, 1.82) is 0 Å². The zero-order valence-corrected chi connectivity index (χ0v) is 15.0. The minimum absolute atomic E-state index is 0.0768. The number of carbonyl (C=O) groups excluding carboxylic acids is 3. The summed E-state index contributed by atoms with van der Waals surface area (Å²) in [6.45, 7) is 0.0875. The predicted octanol–water partition coefficient (Wildman–Crippen LogP) is 1.86. The Hall–Kier alpha value is -3.42. The van der Waals surface area contributed by atoms with Gasteiger partial charge < -0.3 is 5.32 Å². The molecule has 0 bridgehead atoms. The highest BCUT2D eigenvalue weighted by molar-refractivity contribution is 5.82. The van der Waals surface area contributed by atoms with Crippen molar-refractivity contribution in [2.45, 2.75) is 19.4 Å². The molecule has 0 fully saturated rings. The lowest BCUT2D eigenvalue weighted by atomic mass is 10.1. The minimum Gasteiger partial charge on any atom is -0.350 e. The van der Waals surface area contributed by atoms with Crippen LogP contribution in [0.1, 0.15) is 17.5 Å². The molecule has 0 saturated heterocycles. The molecule has 0 aliphatic rings. The van der Waals surface area contributed by atoms with Crippen LogP contribution in [-0.2, 0) is 32.3 Å². The van der Waals surface area contributed by atoms with Crippen molar-refractivity contribution in [2.24, 2.45) is 0 Å². The van der Waals surface area contributed by atoms with Crippen LogP contribution in [0.4, 0.5) is 4.79 Å². The highest BCUT2D eigenvalue weighted by Crippen LogP contribution is 2.04. The number of benzene rings is 1. The maximum atomic E-state index is 11.8. The molecular formula is C19H21N3O5. The van der Waals surface area contributed by atoms with Gasteiger partial charge in [-0.3, -0.25) is 14.7 Å². The molecule has 8 nitrogen and oxygen atoms in total. The second kappa shape index (κ2) is 10.5. The summed E-state index contributed by atoms with van der Waals surface area (Å²) in [6.07, 6.45) is 2.87. The summed E-state index contributed by atoms with van der Waals surface area (Å²) >= 11 is 0. The lowest BCUT2D eigenvalue weighted by Gasteiger charge is -2.15. The van der Waals surface area contributed by atoms with Crippen molar-refractivity contribution in [3.63, 3.8) is 0 Å². The van der Waals surface area contributed by atoms with E-state index in [4.69, 9.17) is 0 Å². The van der Waals surface area contributed by atoms with E-state index in [1.54, 1.807) is 24.5 Å². The number of pyridine rings is 1. The smallest absolute Gasteiger partial charge is 0.350 e. The number of amides is 2. The Labute approximate surface area is 157 Å². The zero-order chi connectivity index (χ0) is 19.5. The summed E-state index contributed by atoms with van der Waals surface area (Å²) in [5.74, 6) is -1.04. The molecule has 1 heterocycles. The van der Waals surface area contributed by atoms with Gasteiger partial charge in [-0.1, -0.05) is 30.3 Å². The Morgan fingerprint density at radius 2 is 1.70 bits per heavy atom. The van der Waals surface area contributed by atoms with Gasteiger partial charge in [0.15, 0.2) is 0 Å². The number of hydrogen-bond donors (Lipinski definition) is 1. The normalized spacial score (nSPS) is 9.96. The summed E-state index contributed by atoms with van der Waals surface area (Å²) in [5.41, 5.74) is 1.86. The van der Waals surface area contributed by atoms with E-state index in [9.17, 15) is 14.4 Å². The molecule has 0 unspecified atom stereocenters. The predicted molar refractivity (Wildman–Crippen MR) is 96.0 cm³/mol. The maximum absolute atomic E-state index is 11.8. The quantitative estimate of drug-likeness (QED) is 0.589. The second-order valence-electron chi connectivity index (χ2n) is 5.78. The third kappa shape index (κ3) is 7.55. The Balaban J connectivity index is 1.64. The van der Waals surface area contributed by atoms with Crippen LogP contribution in [0.25, 0.3) is 0 Å². The fourth-order valence-corrected chi connectivity index (χ4v) is 2.12. The van der Waals surface area contributed by atoms with Crippen molar-refractivity contribution in [2.75, 3.05) is 13.6 Å². The monoisotopic (exact) mass is 371 g/mol. The molecule has 8 heteroatoms. The third-order valence-electron chi connectivity index (χ3n) is 3.60. The molecule has 2 amide bonds. The number of hydrogen-bond acceptors (Lipinski definition) is 6. The first-order valence-corrected chi connectivity index (χ1v) is 8.36. The van der Waals surface area contributed by atoms with E-state index in [1.807, 2.05) is 30.3 Å². The van der Waals surface area contributed by atoms with Crippen LogP contribution < -0.4 is 5.32 Å². The summed E-state index contributed by atoms with van der Waals surface area (Å²) in [7, 11) is 1.37. The van der Waals surface area contributed by atoms with Crippen LogP contribution in [0.5, 0.6) is 0 Å². The van der Waals surface area contributed by atoms with Crippen LogP contribution in [0.2, 0.25) is 0 Å². The van der Waals surface area contributed by atoms with Gasteiger partial charge >= 0.3 is 12.1 Å². The van der Waals surface area contributed by atoms with Crippen LogP contribution in [0.15, 0.2) is 54.9 Å². The van der Waals surface area contributed by atoms with Gasteiger partial charge in [0, 0.05) is 26.0 Å². The van der Waals surface area contributed by atoms with Gasteiger partial charge in [0.1, 0.15) is 6.54 Å². The third-order valence-corrected chi connectivity index (χ3v) is 3.60. The molecule has 0 aliphatic heterocycles. The first-order chi connectivity index (χ1) is 13.0. The molecule has 1 aromatic heterocycles. The molecule has 0 radical (unpaired) electrons. The minimum atomic E-state index is -0.929. The van der Waals surface area contributed by atoms with E-state index in [0.717, 1.165) is 16.0 Å². The van der Waals surface area contributed by atoms with Gasteiger partial charge in [-0.05, 0) is 29.7 Å². The largest absolute Gasteiger partial charge is 0.453 e. The standard InChI is InChI=1S/C19H21N3O5/c1-22(14-17(23)21-13-16-9-11-20-12-10-16)19(25)27-26-18(24)8-7-15-5-3-2-4-6-15/h2-6,9-12H,7-8,13-14H2,1H3,(H,21,23). The summed E-state index contributed by atoms with van der Waals surface area (Å²) in [4.78, 5) is 49.1. The topological polar surface area (TPSA) is 97.8 Å². The number of aromatic nitrogens is 1. The Kier molecular flexibility index (Phi) is 7.77. The van der Waals surface area contributed by atoms with Crippen molar-refractivity contribution >= 4 is 18.0 Å². The van der Waals surface area contributed by atoms with Crippen molar-refractivity contribution in [3.05, 3.63) is 66.0 Å².